The van der Waals surface area contributed by atoms with Crippen molar-refractivity contribution >= 4 is 39.8 Å². The summed E-state index contributed by atoms with van der Waals surface area (Å²) in [5.41, 5.74) is -0.429. The summed E-state index contributed by atoms with van der Waals surface area (Å²) in [6, 6.07) is 4.81. The fourth-order valence-corrected chi connectivity index (χ4v) is 3.42. The molecule has 1 fully saturated rings. The molecule has 24 heavy (non-hydrogen) atoms. The summed E-state index contributed by atoms with van der Waals surface area (Å²) in [7, 11) is 0. The van der Waals surface area contributed by atoms with Gasteiger partial charge in [0.05, 0.1) is 11.3 Å². The maximum absolute atomic E-state index is 12.5. The molecule has 0 bridgehead atoms. The number of anilines is 2. The first kappa shape index (κ1) is 17.0. The van der Waals surface area contributed by atoms with Gasteiger partial charge in [0, 0.05) is 11.7 Å². The number of hydrogen-bond acceptors (Lipinski definition) is 6. The van der Waals surface area contributed by atoms with Gasteiger partial charge < -0.3 is 10.6 Å². The van der Waals surface area contributed by atoms with Gasteiger partial charge in [-0.2, -0.15) is 13.2 Å². The van der Waals surface area contributed by atoms with E-state index in [0.717, 1.165) is 30.1 Å². The maximum Gasteiger partial charge on any atom is 0.416 e. The van der Waals surface area contributed by atoms with Crippen molar-refractivity contribution in [2.45, 2.75) is 29.4 Å². The van der Waals surface area contributed by atoms with Gasteiger partial charge in [0.2, 0.25) is 11.0 Å². The van der Waals surface area contributed by atoms with Crippen LogP contribution in [-0.4, -0.2) is 27.9 Å². The third kappa shape index (κ3) is 4.84. The Morgan fingerprint density at radius 2 is 1.96 bits per heavy atom. The Hall–Kier alpha value is -1.81. The first-order chi connectivity index (χ1) is 11.4. The zero-order chi connectivity index (χ0) is 17.2. The van der Waals surface area contributed by atoms with Crippen LogP contribution in [0.1, 0.15) is 18.4 Å². The molecule has 1 heterocycles. The highest BCUT2D eigenvalue weighted by atomic mass is 32.2. The second-order valence-corrected chi connectivity index (χ2v) is 7.40. The average Bonchev–Trinajstić information content (AvgIpc) is 3.22. The van der Waals surface area contributed by atoms with Crippen LogP contribution in [0.3, 0.4) is 0 Å². The summed E-state index contributed by atoms with van der Waals surface area (Å²) >= 11 is 2.62. The molecule has 1 aliphatic rings. The van der Waals surface area contributed by atoms with Crippen LogP contribution in [0.4, 0.5) is 24.0 Å². The van der Waals surface area contributed by atoms with Gasteiger partial charge in [-0.1, -0.05) is 23.1 Å². The molecule has 3 rings (SSSR count). The molecule has 10 heteroatoms. The summed E-state index contributed by atoms with van der Waals surface area (Å²) in [5, 5.41) is 14.5. The second-order valence-electron chi connectivity index (χ2n) is 5.20. The Balaban J connectivity index is 1.47. The molecule has 0 unspecified atom stereocenters. The molecule has 0 radical (unpaired) electrons. The third-order valence-corrected chi connectivity index (χ3v) is 5.12. The maximum atomic E-state index is 12.5. The van der Waals surface area contributed by atoms with Crippen LogP contribution in [0, 0.1) is 0 Å². The van der Waals surface area contributed by atoms with Crippen LogP contribution in [0.2, 0.25) is 0 Å². The smallest absolute Gasteiger partial charge is 0.357 e. The van der Waals surface area contributed by atoms with Gasteiger partial charge in [-0.05, 0) is 37.1 Å². The van der Waals surface area contributed by atoms with Crippen molar-refractivity contribution < 1.29 is 18.0 Å². The molecule has 0 atom stereocenters. The van der Waals surface area contributed by atoms with Gasteiger partial charge in [-0.3, -0.25) is 4.79 Å². The molecule has 1 amide bonds. The van der Waals surface area contributed by atoms with Crippen LogP contribution in [0.5, 0.6) is 0 Å². The zero-order valence-electron chi connectivity index (χ0n) is 12.3. The van der Waals surface area contributed by atoms with E-state index in [-0.39, 0.29) is 11.7 Å². The number of carbonyl (C=O) groups is 1. The summed E-state index contributed by atoms with van der Waals surface area (Å²) in [6.07, 6.45) is -2.11. The summed E-state index contributed by atoms with van der Waals surface area (Å²) in [6.45, 7) is 0. The molecular weight excluding hydrogens is 361 g/mol. The topological polar surface area (TPSA) is 66.9 Å². The van der Waals surface area contributed by atoms with Crippen LogP contribution in [-0.2, 0) is 11.0 Å². The number of rotatable bonds is 6. The first-order valence-electron chi connectivity index (χ1n) is 7.10. The zero-order valence-corrected chi connectivity index (χ0v) is 13.9. The molecule has 2 aromatic rings. The van der Waals surface area contributed by atoms with Gasteiger partial charge in [0.15, 0.2) is 4.34 Å². The molecule has 5 nitrogen and oxygen atoms in total. The SMILES string of the molecule is O=C(CSc1nnc(NC2CC2)s1)Nc1ccc(C(F)(F)F)cc1. The number of hydrogen-bond donors (Lipinski definition) is 2. The quantitative estimate of drug-likeness (QED) is 0.752. The largest absolute Gasteiger partial charge is 0.416 e. The van der Waals surface area contributed by atoms with Crippen LogP contribution >= 0.6 is 23.1 Å². The highest BCUT2D eigenvalue weighted by Crippen LogP contribution is 2.31. The standard InChI is InChI=1S/C14H13F3N4OS2/c15-14(16,17)8-1-3-9(4-2-8)18-11(22)7-23-13-21-20-12(24-13)19-10-5-6-10/h1-4,10H,5-7H2,(H,18,22)(H,19,20). The van der Waals surface area contributed by atoms with Crippen LogP contribution < -0.4 is 10.6 Å². The van der Waals surface area contributed by atoms with E-state index in [9.17, 15) is 18.0 Å². The molecule has 128 valence electrons. The Morgan fingerprint density at radius 1 is 1.25 bits per heavy atom. The molecule has 0 aliphatic heterocycles. The first-order valence-corrected chi connectivity index (χ1v) is 8.90. The highest BCUT2D eigenvalue weighted by Gasteiger charge is 2.30. The van der Waals surface area contributed by atoms with Gasteiger partial charge >= 0.3 is 6.18 Å². The molecule has 1 aromatic heterocycles. The van der Waals surface area contributed by atoms with E-state index in [1.807, 2.05) is 0 Å². The normalized spacial score (nSPS) is 14.5. The number of alkyl halides is 3. The minimum Gasteiger partial charge on any atom is -0.357 e. The Bertz CT molecular complexity index is 714. The minimum atomic E-state index is -4.39. The van der Waals surface area contributed by atoms with Crippen molar-refractivity contribution in [2.24, 2.45) is 0 Å². The number of nitrogens with zero attached hydrogens (tertiary/aromatic N) is 2. The summed E-state index contributed by atoms with van der Waals surface area (Å²) in [5.74, 6) is -0.203. The lowest BCUT2D eigenvalue weighted by Gasteiger charge is -2.08. The number of nitrogens with one attached hydrogen (secondary N) is 2. The van der Waals surface area contributed by atoms with Crippen molar-refractivity contribution in [1.29, 1.82) is 0 Å². The van der Waals surface area contributed by atoms with Crippen molar-refractivity contribution in [2.75, 3.05) is 16.4 Å². The fourth-order valence-electron chi connectivity index (χ4n) is 1.80. The molecular formula is C14H13F3N4OS2. The Labute approximate surface area is 144 Å². The van der Waals surface area contributed by atoms with Gasteiger partial charge in [-0.15, -0.1) is 10.2 Å². The summed E-state index contributed by atoms with van der Waals surface area (Å²) in [4.78, 5) is 11.8. The molecule has 1 aromatic carbocycles. The molecule has 2 N–H and O–H groups in total. The summed E-state index contributed by atoms with van der Waals surface area (Å²) < 4.78 is 38.1. The highest BCUT2D eigenvalue weighted by molar-refractivity contribution is 8.01. The van der Waals surface area contributed by atoms with Crippen LogP contribution in [0.25, 0.3) is 0 Å². The lowest BCUT2D eigenvalue weighted by molar-refractivity contribution is -0.137. The van der Waals surface area contributed by atoms with Crippen molar-refractivity contribution in [3.05, 3.63) is 29.8 Å². The molecule has 1 saturated carbocycles. The number of halogens is 3. The van der Waals surface area contributed by atoms with E-state index in [0.29, 0.717) is 16.1 Å². The fraction of sp³-hybridized carbons (Fsp3) is 0.357. The monoisotopic (exact) mass is 374 g/mol. The van der Waals surface area contributed by atoms with Crippen molar-refractivity contribution in [3.63, 3.8) is 0 Å². The van der Waals surface area contributed by atoms with E-state index in [1.165, 1.54) is 35.2 Å². The third-order valence-electron chi connectivity index (χ3n) is 3.13. The van der Waals surface area contributed by atoms with E-state index in [2.05, 4.69) is 20.8 Å². The lowest BCUT2D eigenvalue weighted by Crippen LogP contribution is -2.14. The predicted molar refractivity (Wildman–Crippen MR) is 87.4 cm³/mol. The van der Waals surface area contributed by atoms with Crippen molar-refractivity contribution in [3.8, 4) is 0 Å². The van der Waals surface area contributed by atoms with Crippen molar-refractivity contribution in [1.82, 2.24) is 10.2 Å². The number of carbonyl (C=O) groups excluding carboxylic acids is 1. The number of thioether (sulfide) groups is 1. The minimum absolute atomic E-state index is 0.110. The van der Waals surface area contributed by atoms with Gasteiger partial charge in [0.1, 0.15) is 0 Å². The number of benzene rings is 1. The molecule has 0 saturated heterocycles. The number of amides is 1. The average molecular weight is 374 g/mol. The van der Waals surface area contributed by atoms with E-state index < -0.39 is 11.7 Å². The van der Waals surface area contributed by atoms with E-state index >= 15 is 0 Å². The molecule has 0 spiro atoms. The van der Waals surface area contributed by atoms with Gasteiger partial charge in [-0.25, -0.2) is 0 Å². The second kappa shape index (κ2) is 6.98. The number of aromatic nitrogens is 2. The van der Waals surface area contributed by atoms with Crippen LogP contribution in [0.15, 0.2) is 28.6 Å². The van der Waals surface area contributed by atoms with E-state index in [1.54, 1.807) is 0 Å². The molecule has 1 aliphatic carbocycles. The predicted octanol–water partition coefficient (Wildman–Crippen LogP) is 3.86. The van der Waals surface area contributed by atoms with E-state index in [4.69, 9.17) is 0 Å². The Kier molecular flexibility index (Phi) is 4.95. The van der Waals surface area contributed by atoms with Gasteiger partial charge in [0.25, 0.3) is 0 Å². The Morgan fingerprint density at radius 3 is 2.58 bits per heavy atom. The lowest BCUT2D eigenvalue weighted by atomic mass is 10.2.